The molecule has 1 unspecified atom stereocenters. The van der Waals surface area contributed by atoms with Gasteiger partial charge in [0.05, 0.1) is 12.6 Å². The van der Waals surface area contributed by atoms with E-state index >= 15 is 0 Å². The van der Waals surface area contributed by atoms with Crippen LogP contribution in [-0.4, -0.2) is 65.8 Å². The van der Waals surface area contributed by atoms with Gasteiger partial charge in [-0.15, -0.1) is 11.3 Å². The Morgan fingerprint density at radius 3 is 2.46 bits per heavy atom. The summed E-state index contributed by atoms with van der Waals surface area (Å²) in [5.41, 5.74) is 1.01. The summed E-state index contributed by atoms with van der Waals surface area (Å²) in [6, 6.07) is 2.41. The Balaban J connectivity index is 1.56. The van der Waals surface area contributed by atoms with Gasteiger partial charge in [-0.2, -0.15) is 0 Å². The van der Waals surface area contributed by atoms with Gasteiger partial charge in [-0.05, 0) is 29.9 Å². The van der Waals surface area contributed by atoms with Crippen molar-refractivity contribution in [2.45, 2.75) is 46.6 Å². The predicted octanol–water partition coefficient (Wildman–Crippen LogP) is 2.77. The molecule has 5 nitrogen and oxygen atoms in total. The Labute approximate surface area is 161 Å². The molecule has 0 aromatic carbocycles. The maximum absolute atomic E-state index is 12.9. The van der Waals surface area contributed by atoms with E-state index < -0.39 is 0 Å². The van der Waals surface area contributed by atoms with Gasteiger partial charge in [-0.25, -0.2) is 0 Å². The molecule has 1 atom stereocenters. The van der Waals surface area contributed by atoms with Crippen LogP contribution in [0.5, 0.6) is 0 Å². The third-order valence-corrected chi connectivity index (χ3v) is 6.46. The number of nitrogens with zero attached hydrogens (tertiary/aromatic N) is 3. The predicted molar refractivity (Wildman–Crippen MR) is 105 cm³/mol. The van der Waals surface area contributed by atoms with Gasteiger partial charge >= 0.3 is 0 Å². The average Bonchev–Trinajstić information content (AvgIpc) is 3.08. The molecule has 3 heterocycles. The van der Waals surface area contributed by atoms with Crippen LogP contribution in [0.15, 0.2) is 11.4 Å². The molecule has 0 N–H and O–H groups in total. The highest BCUT2D eigenvalue weighted by atomic mass is 32.1. The summed E-state index contributed by atoms with van der Waals surface area (Å²) >= 11 is 1.81. The molecule has 2 amide bonds. The van der Waals surface area contributed by atoms with Crippen molar-refractivity contribution in [2.24, 2.45) is 5.41 Å². The molecular weight excluding hydrogens is 346 g/mol. The molecule has 1 saturated heterocycles. The number of thiophene rings is 1. The molecule has 0 aliphatic carbocycles. The minimum atomic E-state index is -0.335. The van der Waals surface area contributed by atoms with E-state index in [4.69, 9.17) is 0 Å². The summed E-state index contributed by atoms with van der Waals surface area (Å²) in [4.78, 5) is 33.0. The van der Waals surface area contributed by atoms with Crippen molar-refractivity contribution in [1.82, 2.24) is 14.7 Å². The van der Waals surface area contributed by atoms with Gasteiger partial charge in [0.2, 0.25) is 11.8 Å². The molecule has 1 fully saturated rings. The number of amides is 2. The molecule has 2 aliphatic rings. The number of piperazine rings is 1. The summed E-state index contributed by atoms with van der Waals surface area (Å²) in [5.74, 6) is 0.430. The Morgan fingerprint density at radius 2 is 1.85 bits per heavy atom. The zero-order valence-electron chi connectivity index (χ0n) is 16.5. The minimum absolute atomic E-state index is 0.204. The van der Waals surface area contributed by atoms with Crippen LogP contribution in [0.25, 0.3) is 0 Å². The van der Waals surface area contributed by atoms with Crippen molar-refractivity contribution in [1.29, 1.82) is 0 Å². The summed E-state index contributed by atoms with van der Waals surface area (Å²) in [5, 5.41) is 2.15. The average molecular weight is 378 g/mol. The van der Waals surface area contributed by atoms with Crippen LogP contribution in [-0.2, 0) is 16.0 Å². The SMILES string of the molecule is CCC1c2ccsc2CCN1C(=O)CN1CCN(C(=O)C(C)(C)C)CC1. The Bertz CT molecular complexity index is 656. The van der Waals surface area contributed by atoms with Crippen LogP contribution < -0.4 is 0 Å². The second-order valence-corrected chi connectivity index (χ2v) is 9.38. The second-order valence-electron chi connectivity index (χ2n) is 8.38. The number of carbonyl (C=O) groups is 2. The Hall–Kier alpha value is -1.40. The van der Waals surface area contributed by atoms with Crippen molar-refractivity contribution < 1.29 is 9.59 Å². The number of hydrogen-bond acceptors (Lipinski definition) is 4. The molecule has 0 saturated carbocycles. The Morgan fingerprint density at radius 1 is 1.15 bits per heavy atom. The largest absolute Gasteiger partial charge is 0.340 e. The molecule has 3 rings (SSSR count). The van der Waals surface area contributed by atoms with Gasteiger partial charge in [0.25, 0.3) is 0 Å². The molecular formula is C20H31N3O2S. The van der Waals surface area contributed by atoms with Gasteiger partial charge in [0.15, 0.2) is 0 Å². The minimum Gasteiger partial charge on any atom is -0.340 e. The molecule has 6 heteroatoms. The van der Waals surface area contributed by atoms with Crippen molar-refractivity contribution in [3.05, 3.63) is 21.9 Å². The van der Waals surface area contributed by atoms with E-state index in [1.54, 1.807) is 0 Å². The number of fused-ring (bicyclic) bond motifs is 1. The van der Waals surface area contributed by atoms with Gasteiger partial charge < -0.3 is 9.80 Å². The molecule has 0 bridgehead atoms. The van der Waals surface area contributed by atoms with E-state index in [9.17, 15) is 9.59 Å². The van der Waals surface area contributed by atoms with Crippen molar-refractivity contribution in [2.75, 3.05) is 39.3 Å². The molecule has 0 spiro atoms. The van der Waals surface area contributed by atoms with Crippen molar-refractivity contribution >= 4 is 23.2 Å². The normalized spacial score (nSPS) is 21.6. The monoisotopic (exact) mass is 377 g/mol. The molecule has 0 radical (unpaired) electrons. The lowest BCUT2D eigenvalue weighted by Crippen LogP contribution is -2.54. The first-order valence-corrected chi connectivity index (χ1v) is 10.6. The smallest absolute Gasteiger partial charge is 0.237 e. The number of carbonyl (C=O) groups excluding carboxylic acids is 2. The van der Waals surface area contributed by atoms with Crippen LogP contribution >= 0.6 is 11.3 Å². The maximum Gasteiger partial charge on any atom is 0.237 e. The van der Waals surface area contributed by atoms with E-state index in [2.05, 4.69) is 28.2 Å². The van der Waals surface area contributed by atoms with E-state index in [-0.39, 0.29) is 23.3 Å². The lowest BCUT2D eigenvalue weighted by Gasteiger charge is -2.40. The van der Waals surface area contributed by atoms with Crippen LogP contribution in [0.1, 0.15) is 50.6 Å². The van der Waals surface area contributed by atoms with E-state index in [0.29, 0.717) is 6.54 Å². The summed E-state index contributed by atoms with van der Waals surface area (Å²) in [6.45, 7) is 12.3. The number of hydrogen-bond donors (Lipinski definition) is 0. The summed E-state index contributed by atoms with van der Waals surface area (Å²) < 4.78 is 0. The molecule has 2 aliphatic heterocycles. The summed E-state index contributed by atoms with van der Waals surface area (Å²) in [6.07, 6.45) is 1.94. The van der Waals surface area contributed by atoms with E-state index in [1.807, 2.05) is 37.0 Å². The highest BCUT2D eigenvalue weighted by molar-refractivity contribution is 7.10. The van der Waals surface area contributed by atoms with Gasteiger partial charge in [0, 0.05) is 43.0 Å². The van der Waals surface area contributed by atoms with Crippen LogP contribution in [0.3, 0.4) is 0 Å². The van der Waals surface area contributed by atoms with Crippen molar-refractivity contribution in [3.63, 3.8) is 0 Å². The van der Waals surface area contributed by atoms with Crippen molar-refractivity contribution in [3.8, 4) is 0 Å². The lowest BCUT2D eigenvalue weighted by atomic mass is 9.94. The second kappa shape index (κ2) is 7.69. The maximum atomic E-state index is 12.9. The first-order valence-electron chi connectivity index (χ1n) is 9.68. The highest BCUT2D eigenvalue weighted by Crippen LogP contribution is 2.35. The van der Waals surface area contributed by atoms with Gasteiger partial charge in [-0.1, -0.05) is 27.7 Å². The standard InChI is InChI=1S/C20H31N3O2S/c1-5-16-15-7-13-26-17(15)6-8-23(16)18(24)14-21-9-11-22(12-10-21)19(25)20(2,3)4/h7,13,16H,5-6,8-12,14H2,1-4H3. The van der Waals surface area contributed by atoms with Crippen LogP contribution in [0, 0.1) is 5.41 Å². The number of rotatable bonds is 3. The zero-order chi connectivity index (χ0) is 18.9. The van der Waals surface area contributed by atoms with Crippen LogP contribution in [0.2, 0.25) is 0 Å². The fraction of sp³-hybridized carbons (Fsp3) is 0.700. The molecule has 144 valence electrons. The first kappa shape index (κ1) is 19.4. The molecule has 1 aromatic rings. The van der Waals surface area contributed by atoms with Gasteiger partial charge in [-0.3, -0.25) is 14.5 Å². The third-order valence-electron chi connectivity index (χ3n) is 5.46. The topological polar surface area (TPSA) is 43.9 Å². The quantitative estimate of drug-likeness (QED) is 0.814. The molecule has 26 heavy (non-hydrogen) atoms. The zero-order valence-corrected chi connectivity index (χ0v) is 17.3. The van der Waals surface area contributed by atoms with Gasteiger partial charge in [0.1, 0.15) is 0 Å². The Kier molecular flexibility index (Phi) is 5.72. The van der Waals surface area contributed by atoms with E-state index in [1.165, 1.54) is 10.4 Å². The third kappa shape index (κ3) is 3.96. The lowest BCUT2D eigenvalue weighted by molar-refractivity contribution is -0.142. The highest BCUT2D eigenvalue weighted by Gasteiger charge is 2.33. The fourth-order valence-corrected chi connectivity index (χ4v) is 4.93. The fourth-order valence-electron chi connectivity index (χ4n) is 4.00. The summed E-state index contributed by atoms with van der Waals surface area (Å²) in [7, 11) is 0. The van der Waals surface area contributed by atoms with Crippen LogP contribution in [0.4, 0.5) is 0 Å². The van der Waals surface area contributed by atoms with E-state index in [0.717, 1.165) is 45.6 Å². The molecule has 1 aromatic heterocycles. The first-order chi connectivity index (χ1) is 12.3.